The zero-order valence-corrected chi connectivity index (χ0v) is 11.5. The predicted octanol–water partition coefficient (Wildman–Crippen LogP) is 2.72. The van der Waals surface area contributed by atoms with E-state index in [4.69, 9.17) is 5.26 Å². The highest BCUT2D eigenvalue weighted by Gasteiger charge is 2.16. The van der Waals surface area contributed by atoms with Crippen LogP contribution in [0.15, 0.2) is 24.3 Å². The summed E-state index contributed by atoms with van der Waals surface area (Å²) in [7, 11) is 1.95. The van der Waals surface area contributed by atoms with Crippen LogP contribution < -0.4 is 0 Å². The quantitative estimate of drug-likeness (QED) is 0.765. The molecule has 1 rings (SSSR count). The highest BCUT2D eigenvalue weighted by Crippen LogP contribution is 2.14. The molecular weight excluding hydrogens is 224 g/mol. The average Bonchev–Trinajstić information content (AvgIpc) is 2.26. The van der Waals surface area contributed by atoms with Crippen molar-refractivity contribution in [3.05, 3.63) is 35.4 Å². The smallest absolute Gasteiger partial charge is 0.176 e. The monoisotopic (exact) mass is 244 g/mol. The molecule has 0 aromatic heterocycles. The lowest BCUT2D eigenvalue weighted by molar-refractivity contribution is 0.0927. The largest absolute Gasteiger partial charge is 0.298 e. The summed E-state index contributed by atoms with van der Waals surface area (Å²) in [5, 5.41) is 8.70. The van der Waals surface area contributed by atoms with E-state index in [2.05, 4.69) is 20.8 Å². The van der Waals surface area contributed by atoms with Crippen LogP contribution in [-0.4, -0.2) is 30.8 Å². The molecule has 1 aromatic carbocycles. The van der Waals surface area contributed by atoms with Crippen LogP contribution in [0.5, 0.6) is 0 Å². The van der Waals surface area contributed by atoms with Crippen molar-refractivity contribution >= 4 is 5.78 Å². The lowest BCUT2D eigenvalue weighted by atomic mass is 9.96. The molecule has 0 atom stereocenters. The summed E-state index contributed by atoms with van der Waals surface area (Å²) in [6, 6.07) is 8.83. The van der Waals surface area contributed by atoms with Crippen molar-refractivity contribution in [2.75, 3.05) is 20.1 Å². The first kappa shape index (κ1) is 14.4. The molecule has 0 saturated carbocycles. The fraction of sp³-hybridized carbons (Fsp3) is 0.467. The molecule has 18 heavy (non-hydrogen) atoms. The second-order valence-corrected chi connectivity index (χ2v) is 5.85. The Morgan fingerprint density at radius 2 is 1.83 bits per heavy atom. The minimum absolute atomic E-state index is 0.0891. The Hall–Kier alpha value is -1.66. The van der Waals surface area contributed by atoms with E-state index >= 15 is 0 Å². The minimum atomic E-state index is 0.0891. The van der Waals surface area contributed by atoms with Crippen LogP contribution in [0.25, 0.3) is 0 Å². The summed E-state index contributed by atoms with van der Waals surface area (Å²) in [6.07, 6.45) is 0. The van der Waals surface area contributed by atoms with E-state index in [0.717, 1.165) is 6.54 Å². The maximum Gasteiger partial charge on any atom is 0.176 e. The first-order valence-electron chi connectivity index (χ1n) is 6.04. The van der Waals surface area contributed by atoms with E-state index in [9.17, 15) is 4.79 Å². The number of carbonyl (C=O) groups excluding carboxylic acids is 1. The molecule has 0 N–H and O–H groups in total. The van der Waals surface area contributed by atoms with Crippen LogP contribution in [0, 0.1) is 16.7 Å². The molecule has 0 aliphatic heterocycles. The van der Waals surface area contributed by atoms with Gasteiger partial charge in [0, 0.05) is 12.1 Å². The van der Waals surface area contributed by atoms with Crippen molar-refractivity contribution < 1.29 is 4.79 Å². The van der Waals surface area contributed by atoms with Crippen LogP contribution >= 0.6 is 0 Å². The number of ketones is 1. The topological polar surface area (TPSA) is 44.1 Å². The summed E-state index contributed by atoms with van der Waals surface area (Å²) < 4.78 is 0. The van der Waals surface area contributed by atoms with E-state index in [1.807, 2.05) is 18.0 Å². The van der Waals surface area contributed by atoms with E-state index in [1.54, 1.807) is 24.3 Å². The second kappa shape index (κ2) is 5.79. The highest BCUT2D eigenvalue weighted by atomic mass is 16.1. The van der Waals surface area contributed by atoms with Gasteiger partial charge in [0.1, 0.15) is 0 Å². The first-order chi connectivity index (χ1) is 8.31. The third-order valence-corrected chi connectivity index (χ3v) is 2.49. The van der Waals surface area contributed by atoms with Crippen LogP contribution in [-0.2, 0) is 0 Å². The lowest BCUT2D eigenvalue weighted by Gasteiger charge is -2.25. The molecule has 0 amide bonds. The van der Waals surface area contributed by atoms with E-state index < -0.39 is 0 Å². The van der Waals surface area contributed by atoms with Crippen molar-refractivity contribution in [1.82, 2.24) is 4.90 Å². The molecule has 96 valence electrons. The Labute approximate surface area is 109 Å². The molecule has 3 heteroatoms. The summed E-state index contributed by atoms with van der Waals surface area (Å²) in [4.78, 5) is 14.0. The number of rotatable bonds is 4. The van der Waals surface area contributed by atoms with Gasteiger partial charge < -0.3 is 0 Å². The van der Waals surface area contributed by atoms with Gasteiger partial charge >= 0.3 is 0 Å². The van der Waals surface area contributed by atoms with Crippen molar-refractivity contribution in [2.24, 2.45) is 5.41 Å². The van der Waals surface area contributed by atoms with Gasteiger partial charge in [0.15, 0.2) is 5.78 Å². The average molecular weight is 244 g/mol. The Bertz CT molecular complexity index is 449. The third-order valence-electron chi connectivity index (χ3n) is 2.49. The maximum atomic E-state index is 12.0. The molecule has 0 heterocycles. The number of hydrogen-bond acceptors (Lipinski definition) is 3. The fourth-order valence-electron chi connectivity index (χ4n) is 1.93. The Morgan fingerprint density at radius 1 is 1.28 bits per heavy atom. The molecule has 0 aliphatic carbocycles. The maximum absolute atomic E-state index is 12.0. The predicted molar refractivity (Wildman–Crippen MR) is 72.4 cm³/mol. The first-order valence-corrected chi connectivity index (χ1v) is 6.04. The number of Topliss-reactive ketones (excluding diaryl/α,β-unsaturated/α-hetero) is 1. The van der Waals surface area contributed by atoms with E-state index in [1.165, 1.54) is 0 Å². The number of hydrogen-bond donors (Lipinski definition) is 0. The van der Waals surface area contributed by atoms with Gasteiger partial charge in [-0.2, -0.15) is 5.26 Å². The van der Waals surface area contributed by atoms with Gasteiger partial charge in [0.2, 0.25) is 0 Å². The van der Waals surface area contributed by atoms with Gasteiger partial charge in [-0.1, -0.05) is 32.9 Å². The summed E-state index contributed by atoms with van der Waals surface area (Å²) in [6.45, 7) is 7.72. The van der Waals surface area contributed by atoms with Crippen LogP contribution in [0.4, 0.5) is 0 Å². The zero-order chi connectivity index (χ0) is 13.8. The molecule has 0 fully saturated rings. The molecule has 3 nitrogen and oxygen atoms in total. The van der Waals surface area contributed by atoms with Crippen LogP contribution in [0.1, 0.15) is 36.7 Å². The van der Waals surface area contributed by atoms with Crippen LogP contribution in [0.2, 0.25) is 0 Å². The minimum Gasteiger partial charge on any atom is -0.298 e. The molecule has 0 bridgehead atoms. The third kappa shape index (κ3) is 4.68. The van der Waals surface area contributed by atoms with E-state index in [0.29, 0.717) is 17.7 Å². The number of carbonyl (C=O) groups is 1. The Balaban J connectivity index is 2.62. The molecule has 1 aromatic rings. The van der Waals surface area contributed by atoms with Gasteiger partial charge in [0.05, 0.1) is 18.2 Å². The van der Waals surface area contributed by atoms with Gasteiger partial charge in [0.25, 0.3) is 0 Å². The fourth-order valence-corrected chi connectivity index (χ4v) is 1.93. The number of nitrogens with zero attached hydrogens (tertiary/aromatic N) is 2. The van der Waals surface area contributed by atoms with Crippen molar-refractivity contribution in [2.45, 2.75) is 20.8 Å². The summed E-state index contributed by atoms with van der Waals surface area (Å²) >= 11 is 0. The van der Waals surface area contributed by atoms with E-state index in [-0.39, 0.29) is 11.2 Å². The molecular formula is C15H20N2O. The molecule has 0 spiro atoms. The molecule has 0 unspecified atom stereocenters. The summed E-state index contributed by atoms with van der Waals surface area (Å²) in [5.41, 5.74) is 1.42. The summed E-state index contributed by atoms with van der Waals surface area (Å²) in [5.74, 6) is 0.0891. The lowest BCUT2D eigenvalue weighted by Crippen LogP contribution is -2.33. The van der Waals surface area contributed by atoms with Crippen molar-refractivity contribution in [3.63, 3.8) is 0 Å². The molecule has 0 radical (unpaired) electrons. The SMILES string of the molecule is CN(CC(=O)c1ccc(C#N)cc1)CC(C)(C)C. The number of likely N-dealkylation sites (N-methyl/N-ethyl adjacent to an activating group) is 1. The van der Waals surface area contributed by atoms with Gasteiger partial charge in [-0.3, -0.25) is 9.69 Å². The molecule has 0 saturated heterocycles. The van der Waals surface area contributed by atoms with Crippen molar-refractivity contribution in [3.8, 4) is 6.07 Å². The second-order valence-electron chi connectivity index (χ2n) is 5.85. The molecule has 0 aliphatic rings. The van der Waals surface area contributed by atoms with Gasteiger partial charge in [-0.25, -0.2) is 0 Å². The number of nitriles is 1. The van der Waals surface area contributed by atoms with Crippen molar-refractivity contribution in [1.29, 1.82) is 5.26 Å². The normalized spacial score (nSPS) is 11.3. The standard InChI is InChI=1S/C15H20N2O/c1-15(2,3)11-17(4)10-14(18)13-7-5-12(9-16)6-8-13/h5-8H,10-11H2,1-4H3. The highest BCUT2D eigenvalue weighted by molar-refractivity contribution is 5.97. The zero-order valence-electron chi connectivity index (χ0n) is 11.5. The Morgan fingerprint density at radius 3 is 2.28 bits per heavy atom. The Kier molecular flexibility index (Phi) is 4.63. The number of benzene rings is 1. The van der Waals surface area contributed by atoms with Gasteiger partial charge in [-0.15, -0.1) is 0 Å². The van der Waals surface area contributed by atoms with Crippen LogP contribution in [0.3, 0.4) is 0 Å². The van der Waals surface area contributed by atoms with Gasteiger partial charge in [-0.05, 0) is 24.6 Å².